The summed E-state index contributed by atoms with van der Waals surface area (Å²) in [4.78, 5) is 27.9. The van der Waals surface area contributed by atoms with Gasteiger partial charge >= 0.3 is 0 Å². The van der Waals surface area contributed by atoms with E-state index in [2.05, 4.69) is 20.8 Å². The van der Waals surface area contributed by atoms with E-state index in [1.165, 1.54) is 17.0 Å². The van der Waals surface area contributed by atoms with Crippen molar-refractivity contribution < 1.29 is 19.1 Å². The number of rotatable bonds is 4. The second kappa shape index (κ2) is 9.14. The highest BCUT2D eigenvalue weighted by molar-refractivity contribution is 6.46. The van der Waals surface area contributed by atoms with E-state index in [9.17, 15) is 19.1 Å². The molecular weight excluding hydrogens is 441 g/mol. The molecule has 3 aromatic carbocycles. The zero-order valence-corrected chi connectivity index (χ0v) is 20.7. The lowest BCUT2D eigenvalue weighted by Crippen LogP contribution is -2.29. The average Bonchev–Trinajstić information content (AvgIpc) is 3.06. The van der Waals surface area contributed by atoms with Gasteiger partial charge in [0.25, 0.3) is 11.7 Å². The van der Waals surface area contributed by atoms with Crippen molar-refractivity contribution in [2.45, 2.75) is 52.6 Å². The van der Waals surface area contributed by atoms with Crippen LogP contribution >= 0.6 is 0 Å². The summed E-state index contributed by atoms with van der Waals surface area (Å²) in [6.45, 7) is 10.4. The van der Waals surface area contributed by atoms with Crippen LogP contribution in [0.25, 0.3) is 5.76 Å². The van der Waals surface area contributed by atoms with Crippen molar-refractivity contribution in [1.82, 2.24) is 4.90 Å². The molecule has 0 spiro atoms. The summed E-state index contributed by atoms with van der Waals surface area (Å²) in [5.41, 5.74) is 5.06. The number of aliphatic hydroxyl groups is 1. The van der Waals surface area contributed by atoms with Gasteiger partial charge in [0.2, 0.25) is 0 Å². The third-order valence-electron chi connectivity index (χ3n) is 6.68. The normalized spacial score (nSPS) is 17.8. The predicted octanol–water partition coefficient (Wildman–Crippen LogP) is 6.36. The van der Waals surface area contributed by atoms with Crippen molar-refractivity contribution >= 4 is 17.4 Å². The fraction of sp³-hybridized carbons (Fsp3) is 0.267. The summed E-state index contributed by atoms with van der Waals surface area (Å²) in [7, 11) is 0. The number of aliphatic hydroxyl groups excluding tert-OH is 1. The number of likely N-dealkylation sites (tertiary alicyclic amines) is 1. The van der Waals surface area contributed by atoms with E-state index in [-0.39, 0.29) is 29.1 Å². The highest BCUT2D eigenvalue weighted by Gasteiger charge is 2.46. The Kier molecular flexibility index (Phi) is 6.37. The minimum atomic E-state index is -0.768. The lowest BCUT2D eigenvalue weighted by atomic mass is 9.85. The molecule has 0 aliphatic carbocycles. The molecule has 1 heterocycles. The Balaban J connectivity index is 1.86. The van der Waals surface area contributed by atoms with Crippen molar-refractivity contribution in [3.63, 3.8) is 0 Å². The molecule has 1 amide bonds. The van der Waals surface area contributed by atoms with E-state index in [1.807, 2.05) is 50.2 Å². The summed E-state index contributed by atoms with van der Waals surface area (Å²) in [5.74, 6) is -1.99. The molecular formula is C30H30FNO3. The molecule has 4 nitrogen and oxygen atoms in total. The Hall–Kier alpha value is -3.73. The number of hydrogen-bond acceptors (Lipinski definition) is 3. The van der Waals surface area contributed by atoms with Gasteiger partial charge in [-0.2, -0.15) is 0 Å². The molecule has 1 saturated heterocycles. The van der Waals surface area contributed by atoms with Crippen molar-refractivity contribution in [3.8, 4) is 0 Å². The number of aryl methyl sites for hydroxylation is 2. The van der Waals surface area contributed by atoms with Gasteiger partial charge in [0.15, 0.2) is 0 Å². The SMILES string of the molecule is Cc1ccc(/C(O)=C2/C(=O)C(=O)N(Cc3ccc(F)cc3)C2c2ccc(C(C)(C)C)cc2)cc1C. The van der Waals surface area contributed by atoms with Gasteiger partial charge in [-0.3, -0.25) is 9.59 Å². The molecule has 1 N–H and O–H groups in total. The second-order valence-electron chi connectivity index (χ2n) is 10.2. The topological polar surface area (TPSA) is 57.6 Å². The minimum absolute atomic E-state index is 0.0591. The van der Waals surface area contributed by atoms with E-state index in [4.69, 9.17) is 0 Å². The van der Waals surface area contributed by atoms with Gasteiger partial charge in [-0.1, -0.05) is 69.3 Å². The highest BCUT2D eigenvalue weighted by Crippen LogP contribution is 2.41. The average molecular weight is 472 g/mol. The predicted molar refractivity (Wildman–Crippen MR) is 135 cm³/mol. The Morgan fingerprint density at radius 2 is 1.54 bits per heavy atom. The largest absolute Gasteiger partial charge is 0.507 e. The van der Waals surface area contributed by atoms with Crippen molar-refractivity contribution in [1.29, 1.82) is 0 Å². The fourth-order valence-electron chi connectivity index (χ4n) is 4.39. The van der Waals surface area contributed by atoms with Crippen LogP contribution in [0.2, 0.25) is 0 Å². The van der Waals surface area contributed by atoms with Gasteiger partial charge in [-0.25, -0.2) is 4.39 Å². The lowest BCUT2D eigenvalue weighted by molar-refractivity contribution is -0.140. The maximum atomic E-state index is 13.5. The number of carbonyl (C=O) groups excluding carboxylic acids is 2. The summed E-state index contributed by atoms with van der Waals surface area (Å²) < 4.78 is 13.5. The molecule has 1 aliphatic heterocycles. The van der Waals surface area contributed by atoms with E-state index in [0.29, 0.717) is 11.1 Å². The number of ketones is 1. The molecule has 0 aromatic heterocycles. The quantitative estimate of drug-likeness (QED) is 0.274. The van der Waals surface area contributed by atoms with Crippen molar-refractivity contribution in [2.75, 3.05) is 0 Å². The molecule has 1 fully saturated rings. The summed E-state index contributed by atoms with van der Waals surface area (Å²) in [6, 6.07) is 18.3. The second-order valence-corrected chi connectivity index (χ2v) is 10.2. The number of Topliss-reactive ketones (excluding diaryl/α,β-unsaturated/α-hetero) is 1. The van der Waals surface area contributed by atoms with Crippen molar-refractivity contribution in [2.24, 2.45) is 0 Å². The van der Waals surface area contributed by atoms with Gasteiger partial charge in [-0.05, 0) is 65.3 Å². The van der Waals surface area contributed by atoms with Crippen LogP contribution < -0.4 is 0 Å². The number of halogens is 1. The Bertz CT molecular complexity index is 1320. The minimum Gasteiger partial charge on any atom is -0.507 e. The molecule has 0 radical (unpaired) electrons. The molecule has 1 aliphatic rings. The van der Waals surface area contributed by atoms with E-state index in [1.54, 1.807) is 18.2 Å². The van der Waals surface area contributed by atoms with E-state index < -0.39 is 17.7 Å². The van der Waals surface area contributed by atoms with Gasteiger partial charge < -0.3 is 10.0 Å². The first-order valence-corrected chi connectivity index (χ1v) is 11.7. The zero-order valence-electron chi connectivity index (χ0n) is 20.7. The Morgan fingerprint density at radius 3 is 2.11 bits per heavy atom. The summed E-state index contributed by atoms with van der Waals surface area (Å²) in [5, 5.41) is 11.3. The van der Waals surface area contributed by atoms with Crippen LogP contribution in [-0.4, -0.2) is 21.7 Å². The zero-order chi connectivity index (χ0) is 25.5. The van der Waals surface area contributed by atoms with Gasteiger partial charge in [0, 0.05) is 12.1 Å². The van der Waals surface area contributed by atoms with Crippen LogP contribution in [0.5, 0.6) is 0 Å². The van der Waals surface area contributed by atoms with Crippen LogP contribution in [0.1, 0.15) is 60.2 Å². The molecule has 1 atom stereocenters. The third kappa shape index (κ3) is 4.76. The molecule has 3 aromatic rings. The van der Waals surface area contributed by atoms with Crippen LogP contribution in [0.4, 0.5) is 4.39 Å². The Morgan fingerprint density at radius 1 is 0.914 bits per heavy atom. The molecule has 1 unspecified atom stereocenters. The first-order chi connectivity index (χ1) is 16.5. The number of benzene rings is 3. The number of amides is 1. The first kappa shape index (κ1) is 24.4. The number of nitrogens with zero attached hydrogens (tertiary/aromatic N) is 1. The smallest absolute Gasteiger partial charge is 0.295 e. The summed E-state index contributed by atoms with van der Waals surface area (Å²) >= 11 is 0. The van der Waals surface area contributed by atoms with Crippen LogP contribution in [0, 0.1) is 19.7 Å². The lowest BCUT2D eigenvalue weighted by Gasteiger charge is -2.26. The van der Waals surface area contributed by atoms with E-state index in [0.717, 1.165) is 22.3 Å². The van der Waals surface area contributed by atoms with Crippen LogP contribution in [-0.2, 0) is 21.5 Å². The maximum Gasteiger partial charge on any atom is 0.295 e. The van der Waals surface area contributed by atoms with Crippen LogP contribution in [0.15, 0.2) is 72.3 Å². The molecule has 0 bridgehead atoms. The molecule has 180 valence electrons. The Labute approximate surface area is 205 Å². The van der Waals surface area contributed by atoms with Crippen LogP contribution in [0.3, 0.4) is 0 Å². The van der Waals surface area contributed by atoms with Crippen molar-refractivity contribution in [3.05, 3.63) is 112 Å². The fourth-order valence-corrected chi connectivity index (χ4v) is 4.39. The number of carbonyl (C=O) groups is 2. The van der Waals surface area contributed by atoms with Gasteiger partial charge in [-0.15, -0.1) is 0 Å². The monoisotopic (exact) mass is 471 g/mol. The van der Waals surface area contributed by atoms with E-state index >= 15 is 0 Å². The summed E-state index contributed by atoms with van der Waals surface area (Å²) in [6.07, 6.45) is 0. The van der Waals surface area contributed by atoms with Gasteiger partial charge in [0.1, 0.15) is 11.6 Å². The third-order valence-corrected chi connectivity index (χ3v) is 6.68. The standard InChI is InChI=1S/C30H30FNO3/c1-18-6-9-22(16-19(18)2)27(33)25-26(21-10-12-23(13-11-21)30(3,4)5)32(29(35)28(25)34)17-20-7-14-24(31)15-8-20/h6-16,26,33H,17H2,1-5H3/b27-25-. The maximum absolute atomic E-state index is 13.5. The molecule has 0 saturated carbocycles. The molecule has 4 rings (SSSR count). The van der Waals surface area contributed by atoms with Gasteiger partial charge in [0.05, 0.1) is 11.6 Å². The number of hydrogen-bond donors (Lipinski definition) is 1. The molecule has 35 heavy (non-hydrogen) atoms. The first-order valence-electron chi connectivity index (χ1n) is 11.7. The highest BCUT2D eigenvalue weighted by atomic mass is 19.1. The molecule has 5 heteroatoms.